The first-order valence-corrected chi connectivity index (χ1v) is 10.0. The number of hydrogen-bond donors (Lipinski definition) is 2. The monoisotopic (exact) mass is 419 g/mol. The van der Waals surface area contributed by atoms with Crippen LogP contribution in [0.4, 0.5) is 10.1 Å². The normalized spacial score (nSPS) is 11.8. The van der Waals surface area contributed by atoms with E-state index in [0.29, 0.717) is 17.8 Å². The maximum Gasteiger partial charge on any atom is 0.258 e. The van der Waals surface area contributed by atoms with Crippen LogP contribution in [0.2, 0.25) is 0 Å². The smallest absolute Gasteiger partial charge is 0.258 e. The zero-order valence-corrected chi connectivity index (χ0v) is 17.9. The van der Waals surface area contributed by atoms with E-state index in [1.807, 2.05) is 56.3 Å². The molecular formula is C25H26FN3O2. The van der Waals surface area contributed by atoms with Crippen molar-refractivity contribution in [3.8, 4) is 0 Å². The lowest BCUT2D eigenvalue weighted by Crippen LogP contribution is -2.34. The van der Waals surface area contributed by atoms with E-state index in [1.165, 1.54) is 18.2 Å². The summed E-state index contributed by atoms with van der Waals surface area (Å²) in [6, 6.07) is 20.8. The molecule has 160 valence electrons. The van der Waals surface area contributed by atoms with Gasteiger partial charge in [0.1, 0.15) is 5.82 Å². The van der Waals surface area contributed by atoms with E-state index in [1.54, 1.807) is 24.3 Å². The van der Waals surface area contributed by atoms with Crippen molar-refractivity contribution in [3.05, 3.63) is 101 Å². The largest absolute Gasteiger partial charge is 0.350 e. The zero-order valence-electron chi connectivity index (χ0n) is 17.9. The highest BCUT2D eigenvalue weighted by molar-refractivity contribution is 6.05. The SMILES string of the molecule is Cc1ccc(C(=O)NCC(c2ccccc2)N(C)C)cc1NC(=O)c1ccccc1F. The van der Waals surface area contributed by atoms with E-state index in [9.17, 15) is 14.0 Å². The summed E-state index contributed by atoms with van der Waals surface area (Å²) in [5.74, 6) is -1.40. The Hall–Kier alpha value is -3.51. The fourth-order valence-electron chi connectivity index (χ4n) is 3.30. The maximum atomic E-state index is 13.9. The van der Waals surface area contributed by atoms with E-state index in [4.69, 9.17) is 0 Å². The molecule has 0 spiro atoms. The maximum absolute atomic E-state index is 13.9. The van der Waals surface area contributed by atoms with Crippen LogP contribution in [0.1, 0.15) is 37.9 Å². The van der Waals surface area contributed by atoms with Crippen LogP contribution in [0.5, 0.6) is 0 Å². The number of halogens is 1. The molecule has 3 aromatic rings. The van der Waals surface area contributed by atoms with E-state index in [-0.39, 0.29) is 17.5 Å². The van der Waals surface area contributed by atoms with Gasteiger partial charge in [-0.15, -0.1) is 0 Å². The predicted octanol–water partition coefficient (Wildman–Crippen LogP) is 4.42. The second-order valence-corrected chi connectivity index (χ2v) is 7.56. The van der Waals surface area contributed by atoms with Crippen molar-refractivity contribution in [1.29, 1.82) is 0 Å². The molecule has 1 atom stereocenters. The average Bonchev–Trinajstić information content (AvgIpc) is 2.76. The number of carbonyl (C=O) groups excluding carboxylic acids is 2. The van der Waals surface area contributed by atoms with E-state index in [2.05, 4.69) is 10.6 Å². The lowest BCUT2D eigenvalue weighted by Gasteiger charge is -2.25. The summed E-state index contributed by atoms with van der Waals surface area (Å²) in [4.78, 5) is 27.3. The molecule has 0 fully saturated rings. The van der Waals surface area contributed by atoms with Crippen LogP contribution in [0, 0.1) is 12.7 Å². The Morgan fingerprint density at radius 3 is 2.29 bits per heavy atom. The van der Waals surface area contributed by atoms with Crippen molar-refractivity contribution >= 4 is 17.5 Å². The molecule has 3 aromatic carbocycles. The molecule has 5 nitrogen and oxygen atoms in total. The molecule has 0 saturated heterocycles. The highest BCUT2D eigenvalue weighted by Gasteiger charge is 2.17. The molecule has 2 N–H and O–H groups in total. The quantitative estimate of drug-likeness (QED) is 0.596. The van der Waals surface area contributed by atoms with Gasteiger partial charge in [-0.1, -0.05) is 48.5 Å². The van der Waals surface area contributed by atoms with Gasteiger partial charge < -0.3 is 15.5 Å². The summed E-state index contributed by atoms with van der Waals surface area (Å²) in [7, 11) is 3.93. The van der Waals surface area contributed by atoms with Gasteiger partial charge in [0.25, 0.3) is 11.8 Å². The summed E-state index contributed by atoms with van der Waals surface area (Å²) in [6.45, 7) is 2.25. The van der Waals surface area contributed by atoms with Crippen molar-refractivity contribution in [1.82, 2.24) is 10.2 Å². The van der Waals surface area contributed by atoms with Gasteiger partial charge in [0.05, 0.1) is 11.6 Å². The third-order valence-electron chi connectivity index (χ3n) is 5.13. The lowest BCUT2D eigenvalue weighted by molar-refractivity contribution is 0.0940. The molecule has 0 bridgehead atoms. The van der Waals surface area contributed by atoms with E-state index in [0.717, 1.165) is 11.1 Å². The van der Waals surface area contributed by atoms with Crippen LogP contribution < -0.4 is 10.6 Å². The topological polar surface area (TPSA) is 61.4 Å². The van der Waals surface area contributed by atoms with Crippen LogP contribution in [0.15, 0.2) is 72.8 Å². The molecule has 0 aliphatic rings. The van der Waals surface area contributed by atoms with Gasteiger partial charge in [-0.2, -0.15) is 0 Å². The van der Waals surface area contributed by atoms with Crippen LogP contribution in [0.25, 0.3) is 0 Å². The number of carbonyl (C=O) groups is 2. The second kappa shape index (κ2) is 10.00. The molecular weight excluding hydrogens is 393 g/mol. The molecule has 3 rings (SSSR count). The Labute approximate surface area is 181 Å². The Balaban J connectivity index is 1.72. The molecule has 1 unspecified atom stereocenters. The van der Waals surface area contributed by atoms with Gasteiger partial charge in [-0.25, -0.2) is 4.39 Å². The fraction of sp³-hybridized carbons (Fsp3) is 0.200. The minimum absolute atomic E-state index is 0.0239. The highest BCUT2D eigenvalue weighted by Crippen LogP contribution is 2.20. The minimum atomic E-state index is -0.595. The van der Waals surface area contributed by atoms with Crippen molar-refractivity contribution in [2.45, 2.75) is 13.0 Å². The van der Waals surface area contributed by atoms with Crippen LogP contribution >= 0.6 is 0 Å². The number of hydrogen-bond acceptors (Lipinski definition) is 3. The molecule has 0 aliphatic carbocycles. The molecule has 0 aliphatic heterocycles. The first kappa shape index (κ1) is 22.2. The van der Waals surface area contributed by atoms with Crippen molar-refractivity contribution < 1.29 is 14.0 Å². The Bertz CT molecular complexity index is 1070. The lowest BCUT2D eigenvalue weighted by atomic mass is 10.1. The third kappa shape index (κ3) is 5.55. The van der Waals surface area contributed by atoms with Crippen LogP contribution in [0.3, 0.4) is 0 Å². The Morgan fingerprint density at radius 1 is 0.935 bits per heavy atom. The predicted molar refractivity (Wildman–Crippen MR) is 121 cm³/mol. The first-order valence-electron chi connectivity index (χ1n) is 10.0. The number of rotatable bonds is 7. The summed E-state index contributed by atoms with van der Waals surface area (Å²) < 4.78 is 13.9. The molecule has 0 radical (unpaired) electrons. The number of aryl methyl sites for hydroxylation is 1. The minimum Gasteiger partial charge on any atom is -0.350 e. The van der Waals surface area contributed by atoms with E-state index < -0.39 is 11.7 Å². The van der Waals surface area contributed by atoms with Crippen molar-refractivity contribution in [3.63, 3.8) is 0 Å². The van der Waals surface area contributed by atoms with Gasteiger partial charge in [-0.3, -0.25) is 9.59 Å². The van der Waals surface area contributed by atoms with Gasteiger partial charge in [0.2, 0.25) is 0 Å². The number of likely N-dealkylation sites (N-methyl/N-ethyl adjacent to an activating group) is 1. The molecule has 6 heteroatoms. The second-order valence-electron chi connectivity index (χ2n) is 7.56. The number of nitrogens with one attached hydrogen (secondary N) is 2. The van der Waals surface area contributed by atoms with Crippen molar-refractivity contribution in [2.75, 3.05) is 26.0 Å². The molecule has 31 heavy (non-hydrogen) atoms. The first-order chi connectivity index (χ1) is 14.9. The summed E-state index contributed by atoms with van der Waals surface area (Å²) in [5, 5.41) is 5.67. The Morgan fingerprint density at radius 2 is 1.61 bits per heavy atom. The van der Waals surface area contributed by atoms with Gasteiger partial charge in [-0.05, 0) is 56.4 Å². The van der Waals surface area contributed by atoms with E-state index >= 15 is 0 Å². The number of benzene rings is 3. The number of nitrogens with zero attached hydrogens (tertiary/aromatic N) is 1. The number of amides is 2. The average molecular weight is 420 g/mol. The summed E-state index contributed by atoms with van der Waals surface area (Å²) in [6.07, 6.45) is 0. The molecule has 0 aromatic heterocycles. The van der Waals surface area contributed by atoms with Gasteiger partial charge in [0, 0.05) is 17.8 Å². The van der Waals surface area contributed by atoms with Crippen LogP contribution in [-0.4, -0.2) is 37.4 Å². The summed E-state index contributed by atoms with van der Waals surface area (Å²) in [5.41, 5.74) is 2.72. The van der Waals surface area contributed by atoms with Crippen LogP contribution in [-0.2, 0) is 0 Å². The Kier molecular flexibility index (Phi) is 7.15. The summed E-state index contributed by atoms with van der Waals surface area (Å²) >= 11 is 0. The van der Waals surface area contributed by atoms with Gasteiger partial charge in [0.15, 0.2) is 0 Å². The fourth-order valence-corrected chi connectivity index (χ4v) is 3.30. The van der Waals surface area contributed by atoms with Crippen molar-refractivity contribution in [2.24, 2.45) is 0 Å². The third-order valence-corrected chi connectivity index (χ3v) is 5.13. The molecule has 2 amide bonds. The zero-order chi connectivity index (χ0) is 22.4. The standard InChI is InChI=1S/C25H26FN3O2/c1-17-13-14-19(15-22(17)28-25(31)20-11-7-8-12-21(20)26)24(30)27-16-23(29(2)3)18-9-5-4-6-10-18/h4-15,23H,16H2,1-3H3,(H,27,30)(H,28,31). The van der Waals surface area contributed by atoms with Gasteiger partial charge >= 0.3 is 0 Å². The molecule has 0 saturated carbocycles. The highest BCUT2D eigenvalue weighted by atomic mass is 19.1. The number of anilines is 1. The molecule has 0 heterocycles.